The molecule has 102 valence electrons. The maximum atomic E-state index is 4.57. The van der Waals surface area contributed by atoms with E-state index in [-0.39, 0.29) is 0 Å². The second kappa shape index (κ2) is 7.72. The van der Waals surface area contributed by atoms with E-state index in [4.69, 9.17) is 0 Å². The van der Waals surface area contributed by atoms with E-state index in [2.05, 4.69) is 23.2 Å². The fourth-order valence-corrected chi connectivity index (χ4v) is 2.19. The predicted octanol–water partition coefficient (Wildman–Crippen LogP) is 4.31. The summed E-state index contributed by atoms with van der Waals surface area (Å²) < 4.78 is 2.03. The van der Waals surface area contributed by atoms with E-state index in [0.29, 0.717) is 0 Å². The molecule has 3 heteroatoms. The lowest BCUT2D eigenvalue weighted by Crippen LogP contribution is -1.99. The molecule has 0 saturated heterocycles. The first-order valence-electron chi connectivity index (χ1n) is 7.35. The summed E-state index contributed by atoms with van der Waals surface area (Å²) in [6, 6.07) is 7.96. The van der Waals surface area contributed by atoms with E-state index in [0.717, 1.165) is 17.9 Å². The van der Waals surface area contributed by atoms with E-state index in [9.17, 15) is 0 Å². The SMILES string of the molecule is CCCCCCCCn1ccc(-c2ccccn2)n1. The molecule has 0 aromatic carbocycles. The van der Waals surface area contributed by atoms with Crippen LogP contribution in [0.1, 0.15) is 45.4 Å². The molecule has 2 rings (SSSR count). The number of aryl methyl sites for hydroxylation is 1. The standard InChI is InChI=1S/C16H23N3/c1-2-3-4-5-6-9-13-19-14-11-16(18-19)15-10-7-8-12-17-15/h7-8,10-12,14H,2-6,9,13H2,1H3. The highest BCUT2D eigenvalue weighted by molar-refractivity contribution is 5.52. The van der Waals surface area contributed by atoms with Gasteiger partial charge in [-0.15, -0.1) is 0 Å². The Morgan fingerprint density at radius 3 is 2.58 bits per heavy atom. The number of hydrogen-bond acceptors (Lipinski definition) is 2. The summed E-state index contributed by atoms with van der Waals surface area (Å²) in [5.74, 6) is 0. The van der Waals surface area contributed by atoms with Crippen molar-refractivity contribution in [3.8, 4) is 11.4 Å². The highest BCUT2D eigenvalue weighted by Crippen LogP contribution is 2.13. The quantitative estimate of drug-likeness (QED) is 0.660. The van der Waals surface area contributed by atoms with Gasteiger partial charge in [0.15, 0.2) is 0 Å². The van der Waals surface area contributed by atoms with Crippen LogP contribution in [0.5, 0.6) is 0 Å². The molecule has 2 aromatic heterocycles. The van der Waals surface area contributed by atoms with Gasteiger partial charge in [-0.2, -0.15) is 5.10 Å². The third-order valence-electron chi connectivity index (χ3n) is 3.31. The van der Waals surface area contributed by atoms with Gasteiger partial charge in [0.25, 0.3) is 0 Å². The average molecular weight is 257 g/mol. The zero-order chi connectivity index (χ0) is 13.3. The van der Waals surface area contributed by atoms with Gasteiger partial charge in [-0.25, -0.2) is 0 Å². The lowest BCUT2D eigenvalue weighted by molar-refractivity contribution is 0.528. The molecular formula is C16H23N3. The van der Waals surface area contributed by atoms with Crippen LogP contribution in [0.3, 0.4) is 0 Å². The molecular weight excluding hydrogens is 234 g/mol. The Morgan fingerprint density at radius 1 is 0.947 bits per heavy atom. The maximum Gasteiger partial charge on any atom is 0.111 e. The number of unbranched alkanes of at least 4 members (excludes halogenated alkanes) is 5. The van der Waals surface area contributed by atoms with Crippen LogP contribution in [0, 0.1) is 0 Å². The molecule has 0 aliphatic heterocycles. The first kappa shape index (κ1) is 13.8. The van der Waals surface area contributed by atoms with E-state index in [1.807, 2.05) is 35.1 Å². The summed E-state index contributed by atoms with van der Waals surface area (Å²) in [6.07, 6.45) is 11.8. The monoisotopic (exact) mass is 257 g/mol. The molecule has 2 heterocycles. The van der Waals surface area contributed by atoms with Crippen LogP contribution in [-0.2, 0) is 6.54 Å². The summed E-state index contributed by atoms with van der Waals surface area (Å²) in [5, 5.41) is 4.57. The van der Waals surface area contributed by atoms with Gasteiger partial charge in [-0.1, -0.05) is 45.1 Å². The predicted molar refractivity (Wildman–Crippen MR) is 78.8 cm³/mol. The maximum absolute atomic E-state index is 4.57. The van der Waals surface area contributed by atoms with E-state index in [1.165, 1.54) is 38.5 Å². The van der Waals surface area contributed by atoms with Crippen molar-refractivity contribution in [3.63, 3.8) is 0 Å². The highest BCUT2D eigenvalue weighted by atomic mass is 15.3. The van der Waals surface area contributed by atoms with Crippen molar-refractivity contribution in [3.05, 3.63) is 36.7 Å². The van der Waals surface area contributed by atoms with Crippen LogP contribution in [0.25, 0.3) is 11.4 Å². The molecule has 0 aliphatic carbocycles. The van der Waals surface area contributed by atoms with Gasteiger partial charge in [0.05, 0.1) is 5.69 Å². The number of hydrogen-bond donors (Lipinski definition) is 0. The Kier molecular flexibility index (Phi) is 5.60. The molecule has 0 amide bonds. The van der Waals surface area contributed by atoms with Crippen LogP contribution in [0.2, 0.25) is 0 Å². The zero-order valence-electron chi connectivity index (χ0n) is 11.8. The average Bonchev–Trinajstić information content (AvgIpc) is 2.92. The van der Waals surface area contributed by atoms with Crippen molar-refractivity contribution in [2.24, 2.45) is 0 Å². The van der Waals surface area contributed by atoms with Gasteiger partial charge in [-0.3, -0.25) is 9.67 Å². The van der Waals surface area contributed by atoms with E-state index in [1.54, 1.807) is 0 Å². The molecule has 19 heavy (non-hydrogen) atoms. The normalized spacial score (nSPS) is 10.8. The Labute approximate surface area is 115 Å². The molecule has 2 aromatic rings. The van der Waals surface area contributed by atoms with Gasteiger partial charge < -0.3 is 0 Å². The first-order chi connectivity index (χ1) is 9.40. The largest absolute Gasteiger partial charge is 0.272 e. The number of nitrogens with zero attached hydrogens (tertiary/aromatic N) is 3. The van der Waals surface area contributed by atoms with Crippen LogP contribution >= 0.6 is 0 Å². The minimum Gasteiger partial charge on any atom is -0.272 e. The molecule has 0 saturated carbocycles. The molecule has 0 N–H and O–H groups in total. The van der Waals surface area contributed by atoms with Gasteiger partial charge in [0, 0.05) is 18.9 Å². The molecule has 0 atom stereocenters. The third kappa shape index (κ3) is 4.51. The molecule has 0 bridgehead atoms. The Morgan fingerprint density at radius 2 is 1.79 bits per heavy atom. The van der Waals surface area contributed by atoms with Crippen molar-refractivity contribution in [1.29, 1.82) is 0 Å². The number of rotatable bonds is 8. The fourth-order valence-electron chi connectivity index (χ4n) is 2.19. The van der Waals surface area contributed by atoms with Crippen LogP contribution in [0.4, 0.5) is 0 Å². The molecule has 0 spiro atoms. The second-order valence-corrected chi connectivity index (χ2v) is 4.95. The summed E-state index contributed by atoms with van der Waals surface area (Å²) in [4.78, 5) is 4.32. The van der Waals surface area contributed by atoms with Crippen molar-refractivity contribution in [2.45, 2.75) is 52.0 Å². The fraction of sp³-hybridized carbons (Fsp3) is 0.500. The second-order valence-electron chi connectivity index (χ2n) is 4.95. The summed E-state index contributed by atoms with van der Waals surface area (Å²) >= 11 is 0. The van der Waals surface area contributed by atoms with Crippen molar-refractivity contribution < 1.29 is 0 Å². The molecule has 0 aliphatic rings. The Hall–Kier alpha value is -1.64. The third-order valence-corrected chi connectivity index (χ3v) is 3.31. The van der Waals surface area contributed by atoms with E-state index >= 15 is 0 Å². The van der Waals surface area contributed by atoms with Gasteiger partial charge in [0.1, 0.15) is 5.69 Å². The molecule has 0 fully saturated rings. The molecule has 0 unspecified atom stereocenters. The van der Waals surface area contributed by atoms with Gasteiger partial charge in [0.2, 0.25) is 0 Å². The van der Waals surface area contributed by atoms with Gasteiger partial charge in [-0.05, 0) is 24.6 Å². The van der Waals surface area contributed by atoms with Crippen LogP contribution in [0.15, 0.2) is 36.7 Å². The minimum atomic E-state index is 0.948. The van der Waals surface area contributed by atoms with Crippen LogP contribution < -0.4 is 0 Å². The lowest BCUT2D eigenvalue weighted by atomic mass is 10.1. The topological polar surface area (TPSA) is 30.7 Å². The number of pyridine rings is 1. The Bertz CT molecular complexity index is 462. The first-order valence-corrected chi connectivity index (χ1v) is 7.35. The van der Waals surface area contributed by atoms with Crippen LogP contribution in [-0.4, -0.2) is 14.8 Å². The van der Waals surface area contributed by atoms with Crippen molar-refractivity contribution >= 4 is 0 Å². The van der Waals surface area contributed by atoms with Gasteiger partial charge >= 0.3 is 0 Å². The highest BCUT2D eigenvalue weighted by Gasteiger charge is 2.02. The minimum absolute atomic E-state index is 0.948. The number of aromatic nitrogens is 3. The molecule has 0 radical (unpaired) electrons. The summed E-state index contributed by atoms with van der Waals surface area (Å²) in [5.41, 5.74) is 1.91. The summed E-state index contributed by atoms with van der Waals surface area (Å²) in [7, 11) is 0. The molecule has 3 nitrogen and oxygen atoms in total. The zero-order valence-corrected chi connectivity index (χ0v) is 11.8. The van der Waals surface area contributed by atoms with Crippen molar-refractivity contribution in [2.75, 3.05) is 0 Å². The lowest BCUT2D eigenvalue weighted by Gasteiger charge is -2.02. The smallest absolute Gasteiger partial charge is 0.111 e. The Balaban J connectivity index is 1.75. The van der Waals surface area contributed by atoms with Crippen molar-refractivity contribution in [1.82, 2.24) is 14.8 Å². The summed E-state index contributed by atoms with van der Waals surface area (Å²) in [6.45, 7) is 3.27. The van der Waals surface area contributed by atoms with E-state index < -0.39 is 0 Å².